The molecule has 2 aliphatic rings. The monoisotopic (exact) mass is 438 g/mol. The van der Waals surface area contributed by atoms with Crippen molar-refractivity contribution < 1.29 is 18.7 Å². The summed E-state index contributed by atoms with van der Waals surface area (Å²) in [4.78, 5) is 29.7. The van der Waals surface area contributed by atoms with E-state index in [4.69, 9.17) is 4.74 Å². The fraction of sp³-hybridized carbons (Fsp3) is 0.462. The molecule has 4 rings (SSSR count). The van der Waals surface area contributed by atoms with E-state index < -0.39 is 0 Å². The molecular formula is C26H31FN2O3. The lowest BCUT2D eigenvalue weighted by atomic mass is 9.92. The van der Waals surface area contributed by atoms with Gasteiger partial charge in [0.25, 0.3) is 5.91 Å². The Bertz CT molecular complexity index is 930. The number of nitrogens with zero attached hydrogens (tertiary/aromatic N) is 2. The molecule has 170 valence electrons. The van der Waals surface area contributed by atoms with Crippen molar-refractivity contribution in [3.05, 3.63) is 65.5 Å². The van der Waals surface area contributed by atoms with Gasteiger partial charge in [-0.2, -0.15) is 0 Å². The second kappa shape index (κ2) is 10.2. The Morgan fingerprint density at radius 3 is 2.28 bits per heavy atom. The molecule has 0 atom stereocenters. The highest BCUT2D eigenvalue weighted by atomic mass is 19.1. The van der Waals surface area contributed by atoms with Crippen LogP contribution in [0.25, 0.3) is 0 Å². The van der Waals surface area contributed by atoms with Gasteiger partial charge in [0.2, 0.25) is 5.91 Å². The maximum atomic E-state index is 13.0. The Morgan fingerprint density at radius 1 is 0.938 bits per heavy atom. The minimum atomic E-state index is -0.280. The van der Waals surface area contributed by atoms with Gasteiger partial charge in [-0.15, -0.1) is 0 Å². The van der Waals surface area contributed by atoms with Gasteiger partial charge in [-0.1, -0.05) is 25.1 Å². The van der Waals surface area contributed by atoms with Crippen LogP contribution in [-0.2, 0) is 11.4 Å². The summed E-state index contributed by atoms with van der Waals surface area (Å²) in [5.74, 6) is 1.28. The largest absolute Gasteiger partial charge is 0.489 e. The third-order valence-electron chi connectivity index (χ3n) is 6.63. The highest BCUT2D eigenvalue weighted by molar-refractivity contribution is 5.94. The van der Waals surface area contributed by atoms with Crippen LogP contribution in [0.5, 0.6) is 5.75 Å². The molecule has 0 unspecified atom stereocenters. The normalized spacial score (nSPS) is 17.9. The average molecular weight is 439 g/mol. The van der Waals surface area contributed by atoms with Crippen LogP contribution in [0.3, 0.4) is 0 Å². The molecule has 0 aromatic heterocycles. The van der Waals surface area contributed by atoms with Crippen molar-refractivity contribution in [1.29, 1.82) is 0 Å². The Hall–Kier alpha value is -2.89. The summed E-state index contributed by atoms with van der Waals surface area (Å²) in [6.45, 7) is 5.48. The van der Waals surface area contributed by atoms with Gasteiger partial charge in [0.15, 0.2) is 0 Å². The summed E-state index contributed by atoms with van der Waals surface area (Å²) in [5, 5.41) is 0. The molecule has 0 spiro atoms. The van der Waals surface area contributed by atoms with Crippen molar-refractivity contribution in [3.63, 3.8) is 0 Å². The van der Waals surface area contributed by atoms with E-state index in [-0.39, 0.29) is 23.5 Å². The van der Waals surface area contributed by atoms with Crippen LogP contribution in [0.4, 0.5) is 4.39 Å². The molecule has 2 fully saturated rings. The first-order valence-electron chi connectivity index (χ1n) is 11.5. The third kappa shape index (κ3) is 5.47. The first-order chi connectivity index (χ1) is 15.5. The van der Waals surface area contributed by atoms with E-state index in [2.05, 4.69) is 6.92 Å². The minimum Gasteiger partial charge on any atom is -0.489 e. The van der Waals surface area contributed by atoms with Gasteiger partial charge in [0, 0.05) is 37.7 Å². The highest BCUT2D eigenvalue weighted by Gasteiger charge is 2.31. The van der Waals surface area contributed by atoms with Crippen LogP contribution < -0.4 is 4.74 Å². The molecule has 6 heteroatoms. The maximum absolute atomic E-state index is 13.0. The van der Waals surface area contributed by atoms with Crippen molar-refractivity contribution in [1.82, 2.24) is 9.80 Å². The van der Waals surface area contributed by atoms with E-state index in [1.54, 1.807) is 30.3 Å². The van der Waals surface area contributed by atoms with E-state index in [1.165, 1.54) is 12.1 Å². The molecule has 0 radical (unpaired) electrons. The summed E-state index contributed by atoms with van der Waals surface area (Å²) in [7, 11) is 0. The molecule has 2 aromatic carbocycles. The van der Waals surface area contributed by atoms with Crippen molar-refractivity contribution in [2.45, 2.75) is 39.2 Å². The molecule has 0 saturated carbocycles. The van der Waals surface area contributed by atoms with Gasteiger partial charge in [-0.25, -0.2) is 4.39 Å². The van der Waals surface area contributed by atoms with E-state index in [9.17, 15) is 14.0 Å². The fourth-order valence-electron chi connectivity index (χ4n) is 4.47. The topological polar surface area (TPSA) is 49.9 Å². The highest BCUT2D eigenvalue weighted by Crippen LogP contribution is 2.25. The van der Waals surface area contributed by atoms with Gasteiger partial charge in [0.05, 0.1) is 0 Å². The number of benzene rings is 2. The zero-order chi connectivity index (χ0) is 22.5. The second-order valence-electron chi connectivity index (χ2n) is 9.02. The minimum absolute atomic E-state index is 0.0258. The van der Waals surface area contributed by atoms with Crippen molar-refractivity contribution in [3.8, 4) is 5.75 Å². The molecule has 2 aliphatic heterocycles. The first-order valence-corrected chi connectivity index (χ1v) is 11.5. The van der Waals surface area contributed by atoms with E-state index in [0.29, 0.717) is 36.9 Å². The lowest BCUT2D eigenvalue weighted by Gasteiger charge is -2.36. The summed E-state index contributed by atoms with van der Waals surface area (Å²) in [6.07, 6.45) is 3.61. The quantitative estimate of drug-likeness (QED) is 0.690. The van der Waals surface area contributed by atoms with Crippen LogP contribution in [0, 0.1) is 17.7 Å². The van der Waals surface area contributed by atoms with Crippen molar-refractivity contribution in [2.75, 3.05) is 26.2 Å². The predicted molar refractivity (Wildman–Crippen MR) is 121 cm³/mol. The number of halogens is 1. The van der Waals surface area contributed by atoms with Crippen molar-refractivity contribution >= 4 is 11.8 Å². The van der Waals surface area contributed by atoms with Gasteiger partial charge < -0.3 is 14.5 Å². The number of hydrogen-bond acceptors (Lipinski definition) is 3. The lowest BCUT2D eigenvalue weighted by Crippen LogP contribution is -2.46. The predicted octanol–water partition coefficient (Wildman–Crippen LogP) is 4.52. The number of carbonyl (C=O) groups excluding carboxylic acids is 2. The summed E-state index contributed by atoms with van der Waals surface area (Å²) >= 11 is 0. The van der Waals surface area contributed by atoms with E-state index in [0.717, 1.165) is 44.3 Å². The SMILES string of the molecule is CC1CCN(C(=O)C2CCN(C(=O)c3cccc(OCc4ccc(F)cc4)c3)CC2)CC1. The Morgan fingerprint density at radius 2 is 1.59 bits per heavy atom. The van der Waals surface area contributed by atoms with Gasteiger partial charge in [0.1, 0.15) is 18.2 Å². The number of piperidine rings is 2. The molecule has 0 N–H and O–H groups in total. The number of ether oxygens (including phenoxy) is 1. The van der Waals surface area contributed by atoms with Crippen LogP contribution in [0.1, 0.15) is 48.5 Å². The fourth-order valence-corrected chi connectivity index (χ4v) is 4.47. The van der Waals surface area contributed by atoms with Gasteiger partial charge in [-0.3, -0.25) is 9.59 Å². The zero-order valence-corrected chi connectivity index (χ0v) is 18.6. The molecule has 5 nitrogen and oxygen atoms in total. The maximum Gasteiger partial charge on any atom is 0.253 e. The summed E-state index contributed by atoms with van der Waals surface area (Å²) in [6, 6.07) is 13.3. The molecule has 2 saturated heterocycles. The molecule has 2 aromatic rings. The standard InChI is InChI=1S/C26H31FN2O3/c1-19-9-13-28(14-10-19)25(30)21-11-15-29(16-12-21)26(31)22-3-2-4-24(17-22)32-18-20-5-7-23(27)8-6-20/h2-8,17,19,21H,9-16,18H2,1H3. The van der Waals surface area contributed by atoms with Crippen LogP contribution >= 0.6 is 0 Å². The Kier molecular flexibility index (Phi) is 7.08. The number of amides is 2. The Labute approximate surface area is 189 Å². The van der Waals surface area contributed by atoms with E-state index >= 15 is 0 Å². The second-order valence-corrected chi connectivity index (χ2v) is 9.02. The Balaban J connectivity index is 1.29. The van der Waals surface area contributed by atoms with Crippen molar-refractivity contribution in [2.24, 2.45) is 11.8 Å². The number of carbonyl (C=O) groups is 2. The number of hydrogen-bond donors (Lipinski definition) is 0. The molecule has 2 amide bonds. The smallest absolute Gasteiger partial charge is 0.253 e. The molecular weight excluding hydrogens is 407 g/mol. The summed E-state index contributed by atoms with van der Waals surface area (Å²) < 4.78 is 18.8. The molecule has 32 heavy (non-hydrogen) atoms. The first kappa shape index (κ1) is 22.3. The average Bonchev–Trinajstić information content (AvgIpc) is 2.83. The van der Waals surface area contributed by atoms with Gasteiger partial charge in [-0.05, 0) is 67.5 Å². The molecule has 2 heterocycles. The van der Waals surface area contributed by atoms with E-state index in [1.807, 2.05) is 15.9 Å². The van der Waals surface area contributed by atoms with Gasteiger partial charge >= 0.3 is 0 Å². The molecule has 0 bridgehead atoms. The zero-order valence-electron chi connectivity index (χ0n) is 18.6. The van der Waals surface area contributed by atoms with Crippen LogP contribution in [0.2, 0.25) is 0 Å². The van der Waals surface area contributed by atoms with Crippen LogP contribution in [0.15, 0.2) is 48.5 Å². The summed E-state index contributed by atoms with van der Waals surface area (Å²) in [5.41, 5.74) is 1.44. The lowest BCUT2D eigenvalue weighted by molar-refractivity contribution is -0.138. The molecule has 0 aliphatic carbocycles. The third-order valence-corrected chi connectivity index (χ3v) is 6.63. The number of likely N-dealkylation sites (tertiary alicyclic amines) is 2. The van der Waals surface area contributed by atoms with Crippen LogP contribution in [-0.4, -0.2) is 47.8 Å². The number of rotatable bonds is 5.